The van der Waals surface area contributed by atoms with Crippen molar-refractivity contribution in [1.29, 1.82) is 0 Å². The van der Waals surface area contributed by atoms with Crippen LogP contribution in [0.1, 0.15) is 71.6 Å². The van der Waals surface area contributed by atoms with Crippen LogP contribution in [0.4, 0.5) is 20.4 Å². The second-order valence-electron chi connectivity index (χ2n) is 15.8. The van der Waals surface area contributed by atoms with Gasteiger partial charge in [-0.1, -0.05) is 24.3 Å². The molecule has 0 aliphatic carbocycles. The van der Waals surface area contributed by atoms with Crippen LogP contribution in [0, 0.1) is 11.6 Å². The van der Waals surface area contributed by atoms with E-state index in [1.54, 1.807) is 17.0 Å². The lowest BCUT2D eigenvalue weighted by atomic mass is 9.97. The summed E-state index contributed by atoms with van der Waals surface area (Å²) in [5.41, 5.74) is 4.91. The van der Waals surface area contributed by atoms with Gasteiger partial charge in [0.05, 0.1) is 29.5 Å². The Hall–Kier alpha value is -5.60. The molecular weight excluding hydrogens is 729 g/mol. The number of carbonyl (C=O) groups is 3. The zero-order chi connectivity index (χ0) is 39.2. The van der Waals surface area contributed by atoms with Crippen molar-refractivity contribution in [2.75, 3.05) is 43.0 Å². The molecule has 294 valence electrons. The number of benzene rings is 2. The van der Waals surface area contributed by atoms with Gasteiger partial charge >= 0.3 is 0 Å². The van der Waals surface area contributed by atoms with Crippen molar-refractivity contribution in [3.63, 3.8) is 0 Å². The van der Waals surface area contributed by atoms with E-state index in [1.165, 1.54) is 12.1 Å². The molecule has 0 radical (unpaired) electrons. The fraction of sp³-hybridized carbons (Fsp3) is 0.395. The third-order valence-corrected chi connectivity index (χ3v) is 12.3. The summed E-state index contributed by atoms with van der Waals surface area (Å²) in [4.78, 5) is 54.2. The molecule has 0 bridgehead atoms. The van der Waals surface area contributed by atoms with Crippen LogP contribution < -0.4 is 15.1 Å². The third kappa shape index (κ3) is 7.16. The number of hydrogen-bond donors (Lipinski definition) is 1. The Balaban J connectivity index is 0.837. The average Bonchev–Trinajstić information content (AvgIpc) is 3.98. The number of Topliss-reactive ketones (excluding diaryl/α,β-unsaturated/α-hetero) is 1. The van der Waals surface area contributed by atoms with Gasteiger partial charge in [-0.05, 0) is 105 Å². The van der Waals surface area contributed by atoms with Crippen LogP contribution in [-0.4, -0.2) is 98.7 Å². The van der Waals surface area contributed by atoms with E-state index < -0.39 is 17.6 Å². The molecule has 4 aliphatic rings. The smallest absolute Gasteiger partial charge is 0.257 e. The van der Waals surface area contributed by atoms with E-state index in [2.05, 4.69) is 32.0 Å². The van der Waals surface area contributed by atoms with E-state index >= 15 is 4.39 Å². The number of pyridine rings is 1. The Bertz CT molecular complexity index is 2340. The van der Waals surface area contributed by atoms with Gasteiger partial charge in [-0.2, -0.15) is 0 Å². The summed E-state index contributed by atoms with van der Waals surface area (Å²) in [6, 6.07) is 19.9. The Kier molecular flexibility index (Phi) is 9.99. The molecule has 1 N–H and O–H groups in total. The normalized spacial score (nSPS) is 21.5. The quantitative estimate of drug-likeness (QED) is 0.147. The molecule has 57 heavy (non-hydrogen) atoms. The number of halogens is 2. The lowest BCUT2D eigenvalue weighted by Crippen LogP contribution is -2.52. The van der Waals surface area contributed by atoms with Crippen LogP contribution >= 0.6 is 0 Å². The van der Waals surface area contributed by atoms with Gasteiger partial charge in [0.15, 0.2) is 11.9 Å². The SMILES string of the molecule is CN(Cc1cc(F)c2c(c1)CN(C1CCC(C(=O)C=O)NC1)C2=O)C1CCN(c2cccc(-c3cnc4ccc(N5CCCC5c5cccc(F)c5)nn34)n2)CC1. The summed E-state index contributed by atoms with van der Waals surface area (Å²) in [7, 11) is 2.07. The monoisotopic (exact) mass is 773 g/mol. The zero-order valence-corrected chi connectivity index (χ0v) is 31.9. The third-order valence-electron chi connectivity index (χ3n) is 12.3. The van der Waals surface area contributed by atoms with Crippen molar-refractivity contribution < 1.29 is 23.2 Å². The first-order valence-corrected chi connectivity index (χ1v) is 19.9. The number of hydrogen-bond acceptors (Lipinski definition) is 10. The predicted octanol–water partition coefficient (Wildman–Crippen LogP) is 5.36. The molecule has 3 saturated heterocycles. The summed E-state index contributed by atoms with van der Waals surface area (Å²) in [6.45, 7) is 3.73. The number of piperidine rings is 2. The lowest BCUT2D eigenvalue weighted by molar-refractivity contribution is -0.131. The summed E-state index contributed by atoms with van der Waals surface area (Å²) in [6.07, 6.45) is 6.93. The molecule has 1 amide bonds. The Morgan fingerprint density at radius 1 is 0.947 bits per heavy atom. The van der Waals surface area contributed by atoms with Crippen molar-refractivity contribution >= 4 is 35.3 Å². The van der Waals surface area contributed by atoms with E-state index in [4.69, 9.17) is 10.1 Å². The van der Waals surface area contributed by atoms with E-state index in [9.17, 15) is 18.8 Å². The molecule has 3 aromatic heterocycles. The van der Waals surface area contributed by atoms with Gasteiger partial charge in [0.2, 0.25) is 5.78 Å². The van der Waals surface area contributed by atoms with Gasteiger partial charge in [0.1, 0.15) is 29.0 Å². The molecule has 3 unspecified atom stereocenters. The van der Waals surface area contributed by atoms with E-state index in [-0.39, 0.29) is 35.4 Å². The molecule has 4 aliphatic heterocycles. The van der Waals surface area contributed by atoms with Crippen molar-refractivity contribution in [2.45, 2.75) is 75.8 Å². The Morgan fingerprint density at radius 2 is 1.79 bits per heavy atom. The highest BCUT2D eigenvalue weighted by Gasteiger charge is 2.38. The largest absolute Gasteiger partial charge is 0.356 e. The molecule has 2 aromatic carbocycles. The molecule has 3 fully saturated rings. The molecule has 9 rings (SSSR count). The number of nitrogens with one attached hydrogen (secondary N) is 1. The maximum Gasteiger partial charge on any atom is 0.257 e. The van der Waals surface area contributed by atoms with Crippen molar-refractivity contribution in [1.82, 2.24) is 34.7 Å². The van der Waals surface area contributed by atoms with E-state index in [1.807, 2.05) is 53.2 Å². The van der Waals surface area contributed by atoms with Crippen molar-refractivity contribution in [3.05, 3.63) is 107 Å². The molecule has 0 spiro atoms. The highest BCUT2D eigenvalue weighted by atomic mass is 19.1. The number of fused-ring (bicyclic) bond motifs is 2. The number of aldehydes is 1. The number of anilines is 2. The van der Waals surface area contributed by atoms with Crippen molar-refractivity contribution in [2.24, 2.45) is 0 Å². The minimum absolute atomic E-state index is 0.0531. The molecular formula is C43H45F2N9O3. The Labute approximate surface area is 329 Å². The fourth-order valence-electron chi connectivity index (χ4n) is 9.30. The van der Waals surface area contributed by atoms with Gasteiger partial charge < -0.3 is 20.0 Å². The van der Waals surface area contributed by atoms with Gasteiger partial charge in [-0.15, -0.1) is 5.10 Å². The highest BCUT2D eigenvalue weighted by Crippen LogP contribution is 2.36. The first-order chi connectivity index (χ1) is 27.7. The average molecular weight is 774 g/mol. The molecule has 0 saturated carbocycles. The number of carbonyl (C=O) groups excluding carboxylic acids is 3. The van der Waals surface area contributed by atoms with E-state index in [0.29, 0.717) is 44.3 Å². The first-order valence-electron chi connectivity index (χ1n) is 19.9. The summed E-state index contributed by atoms with van der Waals surface area (Å²) in [5, 5.41) is 8.10. The van der Waals surface area contributed by atoms with Crippen LogP contribution in [-0.2, 0) is 22.7 Å². The summed E-state index contributed by atoms with van der Waals surface area (Å²) in [5.74, 6) is 0.174. The highest BCUT2D eigenvalue weighted by molar-refractivity contribution is 6.27. The zero-order valence-electron chi connectivity index (χ0n) is 31.9. The number of imidazole rings is 1. The number of rotatable bonds is 10. The minimum Gasteiger partial charge on any atom is -0.356 e. The maximum atomic E-state index is 15.5. The number of aromatic nitrogens is 4. The molecule has 14 heteroatoms. The first kappa shape index (κ1) is 37.0. The lowest BCUT2D eigenvalue weighted by Gasteiger charge is -2.37. The van der Waals surface area contributed by atoms with E-state index in [0.717, 1.165) is 85.1 Å². The minimum atomic E-state index is -0.522. The second-order valence-corrected chi connectivity index (χ2v) is 15.8. The second kappa shape index (κ2) is 15.4. The summed E-state index contributed by atoms with van der Waals surface area (Å²) >= 11 is 0. The fourth-order valence-corrected chi connectivity index (χ4v) is 9.30. The van der Waals surface area contributed by atoms with Gasteiger partial charge in [-0.25, -0.2) is 23.3 Å². The number of nitrogens with zero attached hydrogens (tertiary/aromatic N) is 8. The Morgan fingerprint density at radius 3 is 2.58 bits per heavy atom. The van der Waals surface area contributed by atoms with Crippen LogP contribution in [0.2, 0.25) is 0 Å². The summed E-state index contributed by atoms with van der Waals surface area (Å²) < 4.78 is 31.4. The molecule has 12 nitrogen and oxygen atoms in total. The molecule has 7 heterocycles. The van der Waals surface area contributed by atoms with Crippen LogP contribution in [0.5, 0.6) is 0 Å². The van der Waals surface area contributed by atoms with Gasteiger partial charge in [0.25, 0.3) is 5.91 Å². The van der Waals surface area contributed by atoms with Gasteiger partial charge in [0, 0.05) is 51.4 Å². The maximum absolute atomic E-state index is 15.5. The molecule has 3 atom stereocenters. The number of amides is 1. The molecule has 5 aromatic rings. The topological polar surface area (TPSA) is 119 Å². The predicted molar refractivity (Wildman–Crippen MR) is 211 cm³/mol. The van der Waals surface area contributed by atoms with Crippen LogP contribution in [0.3, 0.4) is 0 Å². The van der Waals surface area contributed by atoms with Crippen LogP contribution in [0.15, 0.2) is 72.9 Å². The van der Waals surface area contributed by atoms with Gasteiger partial charge in [-0.3, -0.25) is 19.3 Å². The van der Waals surface area contributed by atoms with Crippen LogP contribution in [0.25, 0.3) is 17.0 Å². The number of ketones is 1. The van der Waals surface area contributed by atoms with Crippen molar-refractivity contribution in [3.8, 4) is 11.4 Å². The standard InChI is InChI=1S/C43H45F2N9O3/c1-50(24-27-19-29-25-53(43(57)42(29)33(45)20-27)32-10-11-35(46-22-32)38(56)26-55)31-14-17-51(18-15-31)40-9-3-7-34(48-40)37-23-47-39-12-13-41(49-54(37)39)52-16-4-8-36(52)28-5-2-6-30(44)21-28/h2-3,5-7,9,12-13,19-21,23,26,31-32,35-36,46H,4,8,10-11,14-18,22,24-25H2,1H3.